The van der Waals surface area contributed by atoms with Gasteiger partial charge in [0.2, 0.25) is 0 Å². The molecule has 2 aromatic carbocycles. The second kappa shape index (κ2) is 7.47. The Morgan fingerprint density at radius 1 is 1.18 bits per heavy atom. The predicted octanol–water partition coefficient (Wildman–Crippen LogP) is 4.69. The van der Waals surface area contributed by atoms with Crippen LogP contribution in [0.15, 0.2) is 42.5 Å². The fraction of sp³-hybridized carbons (Fsp3) is 0.188. The molecule has 6 heteroatoms. The number of benzene rings is 2. The summed E-state index contributed by atoms with van der Waals surface area (Å²) < 4.78 is 13.1. The molecule has 0 fully saturated rings. The zero-order valence-electron chi connectivity index (χ0n) is 11.9. The molecule has 0 aromatic heterocycles. The number of hydrogen-bond donors (Lipinski definition) is 2. The van der Waals surface area contributed by atoms with Crippen LogP contribution in [0.2, 0.25) is 10.0 Å². The normalized spacial score (nSPS) is 11.8. The van der Waals surface area contributed by atoms with Gasteiger partial charge in [-0.1, -0.05) is 47.5 Å². The minimum Gasteiger partial charge on any atom is -0.334 e. The van der Waals surface area contributed by atoms with Gasteiger partial charge in [-0.3, -0.25) is 0 Å². The zero-order chi connectivity index (χ0) is 16.1. The van der Waals surface area contributed by atoms with E-state index < -0.39 is 5.82 Å². The first-order chi connectivity index (χ1) is 10.5. The molecule has 3 nitrogen and oxygen atoms in total. The van der Waals surface area contributed by atoms with E-state index in [0.717, 1.165) is 11.1 Å². The Morgan fingerprint density at radius 3 is 2.59 bits per heavy atom. The van der Waals surface area contributed by atoms with Crippen LogP contribution in [-0.4, -0.2) is 6.03 Å². The van der Waals surface area contributed by atoms with Crippen LogP contribution in [0, 0.1) is 5.82 Å². The number of rotatable bonds is 4. The number of urea groups is 1. The Labute approximate surface area is 138 Å². The molecule has 116 valence electrons. The van der Waals surface area contributed by atoms with E-state index in [1.807, 2.05) is 18.2 Å². The zero-order valence-corrected chi connectivity index (χ0v) is 13.4. The van der Waals surface area contributed by atoms with Crippen LogP contribution in [0.3, 0.4) is 0 Å². The number of carbonyl (C=O) groups is 1. The lowest BCUT2D eigenvalue weighted by atomic mass is 10.1. The van der Waals surface area contributed by atoms with Gasteiger partial charge >= 0.3 is 6.03 Å². The van der Waals surface area contributed by atoms with Crippen LogP contribution in [0.4, 0.5) is 9.18 Å². The minimum atomic E-state index is -0.485. The van der Waals surface area contributed by atoms with Gasteiger partial charge in [-0.2, -0.15) is 0 Å². The molecule has 1 atom stereocenters. The van der Waals surface area contributed by atoms with Crippen molar-refractivity contribution in [1.29, 1.82) is 0 Å². The monoisotopic (exact) mass is 340 g/mol. The third-order valence-corrected chi connectivity index (χ3v) is 3.85. The first-order valence-corrected chi connectivity index (χ1v) is 7.45. The molecule has 0 radical (unpaired) electrons. The molecule has 2 rings (SSSR count). The Balaban J connectivity index is 1.91. The van der Waals surface area contributed by atoms with Crippen LogP contribution in [0.25, 0.3) is 0 Å². The third-order valence-electron chi connectivity index (χ3n) is 3.19. The molecule has 2 aromatic rings. The molecule has 2 N–H and O–H groups in total. The van der Waals surface area contributed by atoms with E-state index >= 15 is 0 Å². The maximum Gasteiger partial charge on any atom is 0.315 e. The van der Waals surface area contributed by atoms with Gasteiger partial charge in [0.25, 0.3) is 0 Å². The highest BCUT2D eigenvalue weighted by Gasteiger charge is 2.11. The average Bonchev–Trinajstić information content (AvgIpc) is 2.49. The summed E-state index contributed by atoms with van der Waals surface area (Å²) in [6.07, 6.45) is 0. The number of carbonyl (C=O) groups excluding carboxylic acids is 1. The van der Waals surface area contributed by atoms with E-state index in [1.54, 1.807) is 19.1 Å². The Kier molecular flexibility index (Phi) is 5.63. The van der Waals surface area contributed by atoms with Crippen molar-refractivity contribution in [2.75, 3.05) is 0 Å². The lowest BCUT2D eigenvalue weighted by molar-refractivity contribution is 0.237. The van der Waals surface area contributed by atoms with Crippen LogP contribution < -0.4 is 10.6 Å². The van der Waals surface area contributed by atoms with E-state index in [9.17, 15) is 9.18 Å². The van der Waals surface area contributed by atoms with E-state index in [0.29, 0.717) is 11.6 Å². The van der Waals surface area contributed by atoms with Crippen molar-refractivity contribution in [3.05, 3.63) is 69.5 Å². The Bertz CT molecular complexity index is 679. The molecule has 1 unspecified atom stereocenters. The SMILES string of the molecule is CC(NC(=O)NCc1ccccc1Cl)c1ccc(F)c(Cl)c1. The second-order valence-corrected chi connectivity index (χ2v) is 5.63. The number of amides is 2. The summed E-state index contributed by atoms with van der Waals surface area (Å²) in [5.41, 5.74) is 1.55. The fourth-order valence-corrected chi connectivity index (χ4v) is 2.32. The van der Waals surface area contributed by atoms with Gasteiger partial charge in [-0.25, -0.2) is 9.18 Å². The Hall–Kier alpha value is -1.78. The van der Waals surface area contributed by atoms with Crippen molar-refractivity contribution in [1.82, 2.24) is 10.6 Å². The second-order valence-electron chi connectivity index (χ2n) is 4.81. The minimum absolute atomic E-state index is 0.0302. The number of nitrogens with one attached hydrogen (secondary N) is 2. The van der Waals surface area contributed by atoms with Gasteiger partial charge in [0, 0.05) is 11.6 Å². The van der Waals surface area contributed by atoms with Crippen LogP contribution in [-0.2, 0) is 6.54 Å². The lowest BCUT2D eigenvalue weighted by Gasteiger charge is -2.16. The molecular formula is C16H15Cl2FN2O. The summed E-state index contributed by atoms with van der Waals surface area (Å²) in [6.45, 7) is 2.11. The smallest absolute Gasteiger partial charge is 0.315 e. The molecular weight excluding hydrogens is 326 g/mol. The van der Waals surface area contributed by atoms with Crippen LogP contribution in [0.1, 0.15) is 24.1 Å². The van der Waals surface area contributed by atoms with Gasteiger partial charge in [0.15, 0.2) is 0 Å². The quantitative estimate of drug-likeness (QED) is 0.832. The molecule has 22 heavy (non-hydrogen) atoms. The van der Waals surface area contributed by atoms with Gasteiger partial charge in [-0.15, -0.1) is 0 Å². The lowest BCUT2D eigenvalue weighted by Crippen LogP contribution is -2.36. The Morgan fingerprint density at radius 2 is 1.91 bits per heavy atom. The molecule has 0 spiro atoms. The summed E-state index contributed by atoms with van der Waals surface area (Å²) in [6, 6.07) is 11.0. The maximum absolute atomic E-state index is 13.1. The van der Waals surface area contributed by atoms with Crippen molar-refractivity contribution in [2.24, 2.45) is 0 Å². The summed E-state index contributed by atoms with van der Waals surface area (Å²) in [4.78, 5) is 11.9. The van der Waals surface area contributed by atoms with Crippen molar-refractivity contribution < 1.29 is 9.18 Å². The predicted molar refractivity (Wildman–Crippen MR) is 86.6 cm³/mol. The van der Waals surface area contributed by atoms with Gasteiger partial charge in [0.05, 0.1) is 11.1 Å². The molecule has 0 heterocycles. The first-order valence-electron chi connectivity index (χ1n) is 6.70. The van der Waals surface area contributed by atoms with Crippen molar-refractivity contribution in [3.8, 4) is 0 Å². The van der Waals surface area contributed by atoms with Crippen LogP contribution in [0.5, 0.6) is 0 Å². The van der Waals surface area contributed by atoms with Crippen molar-refractivity contribution >= 4 is 29.2 Å². The van der Waals surface area contributed by atoms with Gasteiger partial charge in [-0.05, 0) is 36.2 Å². The van der Waals surface area contributed by atoms with E-state index in [4.69, 9.17) is 23.2 Å². The topological polar surface area (TPSA) is 41.1 Å². The first kappa shape index (κ1) is 16.6. The average molecular weight is 341 g/mol. The molecule has 0 bridgehead atoms. The molecule has 0 aliphatic rings. The number of hydrogen-bond acceptors (Lipinski definition) is 1. The van der Waals surface area contributed by atoms with Gasteiger partial charge < -0.3 is 10.6 Å². The summed E-state index contributed by atoms with van der Waals surface area (Å²) >= 11 is 11.8. The molecule has 2 amide bonds. The summed E-state index contributed by atoms with van der Waals surface area (Å²) in [5, 5.41) is 6.11. The maximum atomic E-state index is 13.1. The summed E-state index contributed by atoms with van der Waals surface area (Å²) in [5.74, 6) is -0.485. The fourth-order valence-electron chi connectivity index (χ4n) is 1.93. The summed E-state index contributed by atoms with van der Waals surface area (Å²) in [7, 11) is 0. The largest absolute Gasteiger partial charge is 0.334 e. The number of halogens is 3. The van der Waals surface area contributed by atoms with E-state index in [1.165, 1.54) is 12.1 Å². The van der Waals surface area contributed by atoms with E-state index in [-0.39, 0.29) is 17.1 Å². The standard InChI is InChI=1S/C16H15Cl2FN2O/c1-10(11-6-7-15(19)14(18)8-11)21-16(22)20-9-12-4-2-3-5-13(12)17/h2-8,10H,9H2,1H3,(H2,20,21,22). The highest BCUT2D eigenvalue weighted by Crippen LogP contribution is 2.20. The van der Waals surface area contributed by atoms with E-state index in [2.05, 4.69) is 10.6 Å². The van der Waals surface area contributed by atoms with Gasteiger partial charge in [0.1, 0.15) is 5.82 Å². The van der Waals surface area contributed by atoms with Crippen molar-refractivity contribution in [3.63, 3.8) is 0 Å². The molecule has 0 saturated heterocycles. The highest BCUT2D eigenvalue weighted by atomic mass is 35.5. The van der Waals surface area contributed by atoms with Crippen molar-refractivity contribution in [2.45, 2.75) is 19.5 Å². The molecule has 0 aliphatic heterocycles. The highest BCUT2D eigenvalue weighted by molar-refractivity contribution is 6.31. The third kappa shape index (κ3) is 4.36. The molecule has 0 saturated carbocycles. The van der Waals surface area contributed by atoms with Crippen LogP contribution >= 0.6 is 23.2 Å². The molecule has 0 aliphatic carbocycles.